The maximum Gasteiger partial charge on any atom is 0.223 e. The van der Waals surface area contributed by atoms with E-state index in [0.29, 0.717) is 270 Å². The van der Waals surface area contributed by atoms with Gasteiger partial charge in [0.1, 0.15) is 11.6 Å². The second-order valence-electron chi connectivity index (χ2n) is 45.0. The molecule has 0 aliphatic heterocycles. The van der Waals surface area contributed by atoms with E-state index in [9.17, 15) is 38.4 Å². The smallest absolute Gasteiger partial charge is 0.223 e. The van der Waals surface area contributed by atoms with E-state index in [0.717, 1.165) is 89.9 Å². The third-order valence-electron chi connectivity index (χ3n) is 30.5. The Morgan fingerprint density at radius 3 is 0.667 bits per heavy atom. The standard InChI is InChI=1S/C120H216N6O19.2CH4/c1-99-49-41-65-117(5,6)107(99)57-31-23-15-13-21-29-55-105(127)97-103(53-37-39-69-121-111(129)61-35-27-19-17-25-33-59-109-101(3)51-43-67-119(109,9)10)115(133)125-73-47-77-137-83-89-141-87-81-135-75-45-71-123-113(131)63-79-139-85-91-143-93-95-145-96-94-144-92-86-140-80-64-114(132)124-72-46-76-136-82-88-142-90-84-138-78-48-74-126-116(134)104(98-106(128)56-30-22-14-16-24-32-58-108-100(2)50-42-66-118(108,7)8)54-38-40-70-122-112(130)62-36-28-20-18-26-34-60-110-102(4)52-44-68-120(110,11)12;;/h103-104H,13-98H2,1-12H3,(H,121,129)(H,122,130)(H,123,131)(H,124,132)(H,125,133)(H,126,134);2*1H4/t103-,104-;;/m1../s1. The summed E-state index contributed by atoms with van der Waals surface area (Å²) in [5.74, 6) is -0.572. The number of carbonyl (C=O) groups excluding carboxylic acids is 8. The second kappa shape index (κ2) is 88.9. The Bertz CT molecular complexity index is 3330. The third-order valence-corrected chi connectivity index (χ3v) is 30.5. The van der Waals surface area contributed by atoms with Crippen LogP contribution in [0.5, 0.6) is 0 Å². The third kappa shape index (κ3) is 71.4. The van der Waals surface area contributed by atoms with Gasteiger partial charge in [0.05, 0.1) is 119 Å². The molecule has 2 atom stereocenters. The number of hydrogen-bond acceptors (Lipinski definition) is 19. The van der Waals surface area contributed by atoms with Gasteiger partial charge in [0.2, 0.25) is 35.4 Å². The molecule has 25 nitrogen and oxygen atoms in total. The molecule has 0 saturated carbocycles. The molecule has 0 bridgehead atoms. The summed E-state index contributed by atoms with van der Waals surface area (Å²) >= 11 is 0. The molecule has 0 unspecified atom stereocenters. The molecule has 0 aromatic rings. The largest absolute Gasteiger partial charge is 0.379 e. The zero-order chi connectivity index (χ0) is 105. The van der Waals surface area contributed by atoms with Crippen LogP contribution in [0, 0.1) is 33.5 Å². The molecule has 0 heterocycles. The first-order valence-corrected chi connectivity index (χ1v) is 58.9. The van der Waals surface area contributed by atoms with Gasteiger partial charge in [-0.3, -0.25) is 38.4 Å². The summed E-state index contributed by atoms with van der Waals surface area (Å²) < 4.78 is 62.2. The first kappa shape index (κ1) is 138. The highest BCUT2D eigenvalue weighted by Crippen LogP contribution is 2.46. The number of ketones is 2. The van der Waals surface area contributed by atoms with Gasteiger partial charge in [0.15, 0.2) is 0 Å². The summed E-state index contributed by atoms with van der Waals surface area (Å²) in [6.45, 7) is 40.8. The van der Waals surface area contributed by atoms with E-state index < -0.39 is 0 Å². The molecule has 856 valence electrons. The second-order valence-corrected chi connectivity index (χ2v) is 45.0. The van der Waals surface area contributed by atoms with Crippen LogP contribution in [0.4, 0.5) is 0 Å². The van der Waals surface area contributed by atoms with Crippen molar-refractivity contribution in [3.63, 3.8) is 0 Å². The molecule has 0 radical (unpaired) electrons. The number of ether oxygens (including phenoxy) is 11. The molecule has 0 fully saturated rings. The molecule has 0 saturated heterocycles. The Morgan fingerprint density at radius 1 is 0.224 bits per heavy atom. The van der Waals surface area contributed by atoms with E-state index in [1.165, 1.54) is 193 Å². The molecule has 6 N–H and O–H groups in total. The van der Waals surface area contributed by atoms with Crippen molar-refractivity contribution in [3.8, 4) is 0 Å². The molecule has 6 amide bonds. The van der Waals surface area contributed by atoms with Crippen LogP contribution in [0.25, 0.3) is 0 Å². The fourth-order valence-corrected chi connectivity index (χ4v) is 21.7. The van der Waals surface area contributed by atoms with Crippen molar-refractivity contribution in [1.29, 1.82) is 0 Å². The minimum absolute atomic E-state index is 0. The predicted octanol–water partition coefficient (Wildman–Crippen LogP) is 25.6. The van der Waals surface area contributed by atoms with E-state index >= 15 is 0 Å². The maximum absolute atomic E-state index is 13.6. The van der Waals surface area contributed by atoms with E-state index in [2.05, 4.69) is 115 Å². The summed E-state index contributed by atoms with van der Waals surface area (Å²) in [7, 11) is 0. The minimum Gasteiger partial charge on any atom is -0.379 e. The zero-order valence-corrected chi connectivity index (χ0v) is 94.7. The molecular weight excluding hydrogens is 1850 g/mol. The van der Waals surface area contributed by atoms with Crippen molar-refractivity contribution < 1.29 is 90.5 Å². The van der Waals surface area contributed by atoms with Gasteiger partial charge in [-0.05, 0) is 255 Å². The summed E-state index contributed by atoms with van der Waals surface area (Å²) in [6, 6.07) is 0. The SMILES string of the molecule is C.C.CC1=C(CCCCCCCCC(=O)C[C@@H](CCCCNC(=O)CCCCCCCCC2=C(C)CCCC2(C)C)C(=O)NCCCOCCOCCOCCCNC(=O)CCOCCOCCOCCOCCOCCC(=O)NCCCOCCOCCOCCCNC(=O)[C@H](CCCCNC(=O)CCCCCCCCC2=C(C)CCCC2(C)C)CC(=O)CCCCCCCCC2=C(C)CCCC2(C)C)C(C)(C)CCC1. The Balaban J connectivity index is 0.0000365. The van der Waals surface area contributed by atoms with E-state index in [4.69, 9.17) is 52.1 Å². The van der Waals surface area contributed by atoms with Crippen LogP contribution in [-0.4, -0.2) is 232 Å². The Hall–Kier alpha value is -5.32. The van der Waals surface area contributed by atoms with Gasteiger partial charge in [0, 0.05) is 129 Å². The van der Waals surface area contributed by atoms with E-state index in [1.807, 2.05) is 0 Å². The Morgan fingerprint density at radius 2 is 0.422 bits per heavy atom. The van der Waals surface area contributed by atoms with Gasteiger partial charge < -0.3 is 84.0 Å². The van der Waals surface area contributed by atoms with E-state index in [1.54, 1.807) is 44.6 Å². The number of allylic oxidation sites excluding steroid dienone is 8. The van der Waals surface area contributed by atoms with Crippen LogP contribution in [0.3, 0.4) is 0 Å². The van der Waals surface area contributed by atoms with Crippen molar-refractivity contribution in [2.75, 3.05) is 185 Å². The maximum atomic E-state index is 13.6. The molecule has 147 heavy (non-hydrogen) atoms. The van der Waals surface area contributed by atoms with Gasteiger partial charge in [-0.2, -0.15) is 0 Å². The van der Waals surface area contributed by atoms with Crippen LogP contribution < -0.4 is 31.9 Å². The highest BCUT2D eigenvalue weighted by molar-refractivity contribution is 5.87. The van der Waals surface area contributed by atoms with E-state index in [-0.39, 0.29) is 99.4 Å². The first-order valence-electron chi connectivity index (χ1n) is 58.9. The number of Topliss-reactive ketones (excluding diaryl/α,β-unsaturated/α-hetero) is 2. The predicted molar refractivity (Wildman–Crippen MR) is 601 cm³/mol. The summed E-state index contributed by atoms with van der Waals surface area (Å²) in [5, 5.41) is 18.2. The highest BCUT2D eigenvalue weighted by Gasteiger charge is 2.33. The lowest BCUT2D eigenvalue weighted by Gasteiger charge is -2.34. The number of nitrogens with one attached hydrogen (secondary N) is 6. The average Bonchev–Trinajstić information content (AvgIpc) is 0.835. The van der Waals surface area contributed by atoms with Gasteiger partial charge in [-0.1, -0.05) is 230 Å². The lowest BCUT2D eigenvalue weighted by molar-refractivity contribution is -0.129. The van der Waals surface area contributed by atoms with Crippen molar-refractivity contribution in [2.45, 2.75) is 470 Å². The normalized spacial score (nSPS) is 15.9. The van der Waals surface area contributed by atoms with Gasteiger partial charge >= 0.3 is 0 Å². The summed E-state index contributed by atoms with van der Waals surface area (Å²) in [5.41, 5.74) is 14.6. The fraction of sp³-hybridized carbons (Fsp3) is 0.869. The number of amides is 6. The van der Waals surface area contributed by atoms with Crippen molar-refractivity contribution in [3.05, 3.63) is 44.6 Å². The molecule has 4 rings (SSSR count). The van der Waals surface area contributed by atoms with Gasteiger partial charge in [0.25, 0.3) is 0 Å². The lowest BCUT2D eigenvalue weighted by Crippen LogP contribution is -2.33. The quantitative estimate of drug-likeness (QED) is 0.0243. The van der Waals surface area contributed by atoms with Crippen LogP contribution in [0.2, 0.25) is 0 Å². The Labute approximate surface area is 897 Å². The minimum atomic E-state index is -0.386. The van der Waals surface area contributed by atoms with Gasteiger partial charge in [-0.15, -0.1) is 0 Å². The van der Waals surface area contributed by atoms with Crippen molar-refractivity contribution >= 4 is 47.0 Å². The highest BCUT2D eigenvalue weighted by atomic mass is 16.6. The molecule has 0 aromatic heterocycles. The number of hydrogen-bond donors (Lipinski definition) is 6. The Kier molecular flexibility index (Phi) is 83.3. The number of unbranched alkanes of at least 4 members (excludes halogenated alkanes) is 22. The molecule has 0 spiro atoms. The monoisotopic (exact) mass is 2080 g/mol. The number of carbonyl (C=O) groups is 8. The van der Waals surface area contributed by atoms with Crippen LogP contribution in [0.1, 0.15) is 470 Å². The number of rotatable bonds is 98. The molecule has 4 aliphatic carbocycles. The molecule has 4 aliphatic rings. The van der Waals surface area contributed by atoms with Crippen LogP contribution in [0.15, 0.2) is 44.6 Å². The zero-order valence-electron chi connectivity index (χ0n) is 94.7. The van der Waals surface area contributed by atoms with Gasteiger partial charge in [-0.25, -0.2) is 0 Å². The summed E-state index contributed by atoms with van der Waals surface area (Å²) in [6.07, 6.45) is 57.7. The fourth-order valence-electron chi connectivity index (χ4n) is 21.7. The topological polar surface area (TPSA) is 310 Å². The van der Waals surface area contributed by atoms with Crippen molar-refractivity contribution in [1.82, 2.24) is 31.9 Å². The van der Waals surface area contributed by atoms with Crippen LogP contribution in [-0.2, 0) is 90.5 Å². The lowest BCUT2D eigenvalue weighted by atomic mass is 9.71. The molecule has 0 aromatic carbocycles. The average molecular weight is 2080 g/mol. The molecule has 25 heteroatoms. The summed E-state index contributed by atoms with van der Waals surface area (Å²) in [4.78, 5) is 104. The first-order chi connectivity index (χ1) is 70.1. The molecular formula is C122H224N6O19. The van der Waals surface area contributed by atoms with Crippen molar-refractivity contribution in [2.24, 2.45) is 33.5 Å². The van der Waals surface area contributed by atoms with Crippen LogP contribution >= 0.6 is 0 Å².